The first-order valence-corrected chi connectivity index (χ1v) is 3.76. The van der Waals surface area contributed by atoms with Crippen molar-refractivity contribution in [1.82, 2.24) is 0 Å². The molecule has 66 valence electrons. The van der Waals surface area contributed by atoms with Gasteiger partial charge in [0.2, 0.25) is 0 Å². The van der Waals surface area contributed by atoms with E-state index in [9.17, 15) is 14.5 Å². The van der Waals surface area contributed by atoms with Gasteiger partial charge in [0, 0.05) is 16.4 Å². The number of allylic oxidation sites excluding steroid dienone is 2. The molecule has 5 heteroatoms. The maximum absolute atomic E-state index is 12.8. The summed E-state index contributed by atoms with van der Waals surface area (Å²) in [4.78, 5) is 9.64. The highest BCUT2D eigenvalue weighted by Crippen LogP contribution is 2.28. The molecular weight excluding hydrogens is 185 g/mol. The highest BCUT2D eigenvalue weighted by molar-refractivity contribution is 6.31. The van der Waals surface area contributed by atoms with E-state index in [1.807, 2.05) is 0 Å². The maximum atomic E-state index is 12.8. The van der Waals surface area contributed by atoms with E-state index >= 15 is 0 Å². The number of rotatable bonds is 1. The van der Waals surface area contributed by atoms with Gasteiger partial charge in [-0.25, -0.2) is 4.39 Å². The minimum atomic E-state index is -1.24. The second-order valence-corrected chi connectivity index (χ2v) is 3.07. The van der Waals surface area contributed by atoms with Crippen molar-refractivity contribution in [3.05, 3.63) is 32.6 Å². The molecule has 1 aliphatic rings. The van der Waals surface area contributed by atoms with E-state index in [0.29, 0.717) is 5.57 Å². The van der Waals surface area contributed by atoms with E-state index in [-0.39, 0.29) is 11.5 Å². The minimum absolute atomic E-state index is 0.0637. The van der Waals surface area contributed by atoms with Gasteiger partial charge < -0.3 is 0 Å². The summed E-state index contributed by atoms with van der Waals surface area (Å²) in [7, 11) is 0. The molecule has 1 atom stereocenters. The van der Waals surface area contributed by atoms with Crippen LogP contribution in [0.1, 0.15) is 13.3 Å². The lowest BCUT2D eigenvalue weighted by molar-refractivity contribution is -0.514. The van der Waals surface area contributed by atoms with Gasteiger partial charge >= 0.3 is 0 Å². The van der Waals surface area contributed by atoms with Crippen molar-refractivity contribution in [3.63, 3.8) is 0 Å². The molecular formula is C7H7ClFNO2. The summed E-state index contributed by atoms with van der Waals surface area (Å²) in [5.41, 5.74) is 0.653. The lowest BCUT2D eigenvalue weighted by atomic mass is 10.0. The molecule has 1 aliphatic carbocycles. The first-order chi connectivity index (χ1) is 5.52. The summed E-state index contributed by atoms with van der Waals surface area (Å²) in [6, 6.07) is -1.24. The fourth-order valence-corrected chi connectivity index (χ4v) is 1.18. The van der Waals surface area contributed by atoms with Crippen molar-refractivity contribution < 1.29 is 9.31 Å². The van der Waals surface area contributed by atoms with Gasteiger partial charge in [0.05, 0.1) is 0 Å². The molecule has 0 N–H and O–H groups in total. The average molecular weight is 192 g/mol. The van der Waals surface area contributed by atoms with Gasteiger partial charge in [-0.15, -0.1) is 0 Å². The largest absolute Gasteiger partial charge is 0.267 e. The number of halogens is 2. The Labute approximate surface area is 73.7 Å². The Hall–Kier alpha value is -0.900. The van der Waals surface area contributed by atoms with Crippen LogP contribution in [0.3, 0.4) is 0 Å². The molecule has 0 amide bonds. The third-order valence-corrected chi connectivity index (χ3v) is 2.18. The van der Waals surface area contributed by atoms with Crippen LogP contribution in [0.15, 0.2) is 22.5 Å². The summed E-state index contributed by atoms with van der Waals surface area (Å²) in [6.07, 6.45) is 1.07. The second kappa shape index (κ2) is 3.23. The normalized spacial score (nSPS) is 23.9. The molecule has 0 fully saturated rings. The molecule has 1 rings (SSSR count). The van der Waals surface area contributed by atoms with Gasteiger partial charge in [-0.05, 0) is 18.6 Å². The van der Waals surface area contributed by atoms with Crippen LogP contribution in [0.4, 0.5) is 4.39 Å². The zero-order valence-corrected chi connectivity index (χ0v) is 7.14. The van der Waals surface area contributed by atoms with Crippen LogP contribution in [0.5, 0.6) is 0 Å². The fourth-order valence-electron chi connectivity index (χ4n) is 1.00. The van der Waals surface area contributed by atoms with Crippen LogP contribution in [0, 0.1) is 10.1 Å². The maximum Gasteiger partial charge on any atom is 0.267 e. The van der Waals surface area contributed by atoms with Crippen molar-refractivity contribution >= 4 is 11.6 Å². The molecule has 1 unspecified atom stereocenters. The minimum Gasteiger partial charge on any atom is -0.264 e. The SMILES string of the molecule is CC1=C(Cl)C=C(F)C([N+](=O)[O-])C1. The Morgan fingerprint density at radius 3 is 2.92 bits per heavy atom. The van der Waals surface area contributed by atoms with Gasteiger partial charge in [0.1, 0.15) is 0 Å². The molecule has 0 aromatic rings. The molecule has 0 spiro atoms. The number of nitro groups is 1. The molecule has 0 aromatic heterocycles. The zero-order chi connectivity index (χ0) is 9.30. The van der Waals surface area contributed by atoms with Gasteiger partial charge in [0.15, 0.2) is 5.83 Å². The summed E-state index contributed by atoms with van der Waals surface area (Å²) in [6.45, 7) is 1.65. The van der Waals surface area contributed by atoms with Crippen molar-refractivity contribution in [2.75, 3.05) is 0 Å². The molecule has 12 heavy (non-hydrogen) atoms. The van der Waals surface area contributed by atoms with Crippen LogP contribution in [0.25, 0.3) is 0 Å². The summed E-state index contributed by atoms with van der Waals surface area (Å²) in [5, 5.41) is 10.5. The van der Waals surface area contributed by atoms with Gasteiger partial charge in [0.25, 0.3) is 6.04 Å². The molecule has 0 saturated heterocycles. The Balaban J connectivity index is 2.92. The molecule has 0 aromatic carbocycles. The van der Waals surface area contributed by atoms with E-state index in [0.717, 1.165) is 6.08 Å². The first kappa shape index (κ1) is 9.19. The molecule has 0 aliphatic heterocycles. The number of hydrogen-bond donors (Lipinski definition) is 0. The molecule has 0 saturated carbocycles. The van der Waals surface area contributed by atoms with Gasteiger partial charge in [-0.3, -0.25) is 10.1 Å². The van der Waals surface area contributed by atoms with Gasteiger partial charge in [-0.1, -0.05) is 11.6 Å². The standard InChI is InChI=1S/C7H7ClFNO2/c1-4-2-7(10(11)12)6(9)3-5(4)8/h3,7H,2H2,1H3. The lowest BCUT2D eigenvalue weighted by Gasteiger charge is -2.13. The highest BCUT2D eigenvalue weighted by Gasteiger charge is 2.30. The monoisotopic (exact) mass is 191 g/mol. The molecule has 0 radical (unpaired) electrons. The Morgan fingerprint density at radius 2 is 2.42 bits per heavy atom. The van der Waals surface area contributed by atoms with E-state index in [2.05, 4.69) is 0 Å². The third kappa shape index (κ3) is 1.64. The van der Waals surface area contributed by atoms with Crippen molar-refractivity contribution in [3.8, 4) is 0 Å². The topological polar surface area (TPSA) is 43.1 Å². The first-order valence-electron chi connectivity index (χ1n) is 3.38. The quantitative estimate of drug-likeness (QED) is 0.472. The Bertz CT molecular complexity index is 285. The third-order valence-electron chi connectivity index (χ3n) is 1.74. The van der Waals surface area contributed by atoms with E-state index in [1.165, 1.54) is 0 Å². The van der Waals surface area contributed by atoms with E-state index in [4.69, 9.17) is 11.6 Å². The van der Waals surface area contributed by atoms with Crippen LogP contribution in [-0.2, 0) is 0 Å². The predicted molar refractivity (Wildman–Crippen MR) is 43.1 cm³/mol. The fraction of sp³-hybridized carbons (Fsp3) is 0.429. The van der Waals surface area contributed by atoms with Gasteiger partial charge in [-0.2, -0.15) is 0 Å². The molecule has 3 nitrogen and oxygen atoms in total. The molecule has 0 heterocycles. The van der Waals surface area contributed by atoms with Crippen LogP contribution in [-0.4, -0.2) is 11.0 Å². The van der Waals surface area contributed by atoms with Crippen molar-refractivity contribution in [2.45, 2.75) is 19.4 Å². The second-order valence-electron chi connectivity index (χ2n) is 2.66. The van der Waals surface area contributed by atoms with E-state index < -0.39 is 16.8 Å². The Kier molecular flexibility index (Phi) is 2.47. The summed E-state index contributed by atoms with van der Waals surface area (Å²) in [5.74, 6) is -0.768. The van der Waals surface area contributed by atoms with Crippen molar-refractivity contribution in [2.24, 2.45) is 0 Å². The van der Waals surface area contributed by atoms with Crippen LogP contribution >= 0.6 is 11.6 Å². The van der Waals surface area contributed by atoms with E-state index in [1.54, 1.807) is 6.92 Å². The number of nitrogens with zero attached hydrogens (tertiary/aromatic N) is 1. The summed E-state index contributed by atoms with van der Waals surface area (Å²) >= 11 is 5.57. The van der Waals surface area contributed by atoms with Crippen molar-refractivity contribution in [1.29, 1.82) is 0 Å². The molecule has 0 bridgehead atoms. The lowest BCUT2D eigenvalue weighted by Crippen LogP contribution is -2.22. The average Bonchev–Trinajstić information content (AvgIpc) is 1.96. The van der Waals surface area contributed by atoms with Crippen LogP contribution < -0.4 is 0 Å². The predicted octanol–water partition coefficient (Wildman–Crippen LogP) is 2.40. The summed E-state index contributed by atoms with van der Waals surface area (Å²) < 4.78 is 12.8. The highest BCUT2D eigenvalue weighted by atomic mass is 35.5. The smallest absolute Gasteiger partial charge is 0.264 e. The van der Waals surface area contributed by atoms with Crippen LogP contribution in [0.2, 0.25) is 0 Å². The number of hydrogen-bond acceptors (Lipinski definition) is 2. The Morgan fingerprint density at radius 1 is 1.83 bits per heavy atom. The zero-order valence-electron chi connectivity index (χ0n) is 6.38.